The van der Waals surface area contributed by atoms with Gasteiger partial charge in [-0.3, -0.25) is 0 Å². The molecule has 0 unspecified atom stereocenters. The molecule has 15 heavy (non-hydrogen) atoms. The lowest BCUT2D eigenvalue weighted by Crippen LogP contribution is -2.07. The van der Waals surface area contributed by atoms with Crippen LogP contribution in [0, 0.1) is 11.6 Å². The predicted molar refractivity (Wildman–Crippen MR) is 44.2 cm³/mol. The lowest BCUT2D eigenvalue weighted by molar-refractivity contribution is -0.0542. The van der Waals surface area contributed by atoms with E-state index in [2.05, 4.69) is 4.74 Å². The standard InChI is InChI=1S/C9H8F4O2/c1-2-14-6-4-3-5(10)7(11)8(6)15-9(12)13/h3-4,9H,2H2,1H3. The topological polar surface area (TPSA) is 18.5 Å². The fourth-order valence-electron chi connectivity index (χ4n) is 0.982. The number of rotatable bonds is 4. The monoisotopic (exact) mass is 224 g/mol. The first-order valence-electron chi connectivity index (χ1n) is 4.11. The third-order valence-electron chi connectivity index (χ3n) is 1.52. The average molecular weight is 224 g/mol. The van der Waals surface area contributed by atoms with E-state index in [1.54, 1.807) is 6.92 Å². The molecule has 0 aliphatic rings. The Bertz CT molecular complexity index is 341. The third-order valence-corrected chi connectivity index (χ3v) is 1.52. The van der Waals surface area contributed by atoms with Gasteiger partial charge in [0.2, 0.25) is 11.6 Å². The van der Waals surface area contributed by atoms with Crippen LogP contribution >= 0.6 is 0 Å². The van der Waals surface area contributed by atoms with Gasteiger partial charge in [-0.05, 0) is 19.1 Å². The quantitative estimate of drug-likeness (QED) is 0.732. The van der Waals surface area contributed by atoms with Gasteiger partial charge in [0.25, 0.3) is 0 Å². The predicted octanol–water partition coefficient (Wildman–Crippen LogP) is 2.96. The Kier molecular flexibility index (Phi) is 3.76. The van der Waals surface area contributed by atoms with E-state index < -0.39 is 24.0 Å². The highest BCUT2D eigenvalue weighted by atomic mass is 19.3. The van der Waals surface area contributed by atoms with Gasteiger partial charge in [0.1, 0.15) is 0 Å². The molecular formula is C9H8F4O2. The van der Waals surface area contributed by atoms with Crippen LogP contribution in [0.5, 0.6) is 11.5 Å². The molecule has 0 saturated carbocycles. The number of hydrogen-bond acceptors (Lipinski definition) is 2. The molecule has 0 aliphatic carbocycles. The zero-order valence-corrected chi connectivity index (χ0v) is 7.77. The Morgan fingerprint density at radius 3 is 2.47 bits per heavy atom. The summed E-state index contributed by atoms with van der Waals surface area (Å²) in [4.78, 5) is 0. The van der Waals surface area contributed by atoms with E-state index in [-0.39, 0.29) is 12.4 Å². The van der Waals surface area contributed by atoms with Crippen molar-refractivity contribution in [1.29, 1.82) is 0 Å². The molecule has 1 aromatic carbocycles. The van der Waals surface area contributed by atoms with Gasteiger partial charge in [-0.15, -0.1) is 0 Å². The van der Waals surface area contributed by atoms with Gasteiger partial charge in [-0.25, -0.2) is 4.39 Å². The van der Waals surface area contributed by atoms with Crippen molar-refractivity contribution in [3.05, 3.63) is 23.8 Å². The van der Waals surface area contributed by atoms with Gasteiger partial charge >= 0.3 is 6.61 Å². The Morgan fingerprint density at radius 1 is 1.27 bits per heavy atom. The minimum absolute atomic E-state index is 0.130. The molecule has 0 heterocycles. The number of hydrogen-bond donors (Lipinski definition) is 0. The summed E-state index contributed by atoms with van der Waals surface area (Å²) in [5.41, 5.74) is 0. The molecule has 0 fully saturated rings. The van der Waals surface area contributed by atoms with Crippen molar-refractivity contribution in [3.8, 4) is 11.5 Å². The summed E-state index contributed by atoms with van der Waals surface area (Å²) in [6.45, 7) is -1.53. The van der Waals surface area contributed by atoms with E-state index in [9.17, 15) is 17.6 Å². The van der Waals surface area contributed by atoms with Gasteiger partial charge in [-0.2, -0.15) is 13.2 Å². The molecule has 0 atom stereocenters. The van der Waals surface area contributed by atoms with Gasteiger partial charge < -0.3 is 9.47 Å². The minimum Gasteiger partial charge on any atom is -0.490 e. The summed E-state index contributed by atoms with van der Waals surface area (Å²) in [5.74, 6) is -3.92. The van der Waals surface area contributed by atoms with Crippen LogP contribution in [-0.4, -0.2) is 13.2 Å². The molecule has 2 nitrogen and oxygen atoms in total. The zero-order valence-electron chi connectivity index (χ0n) is 7.77. The SMILES string of the molecule is CCOc1ccc(F)c(F)c1OC(F)F. The van der Waals surface area contributed by atoms with Crippen molar-refractivity contribution in [2.45, 2.75) is 13.5 Å². The van der Waals surface area contributed by atoms with Crippen molar-refractivity contribution in [2.24, 2.45) is 0 Å². The van der Waals surface area contributed by atoms with Gasteiger partial charge in [0.15, 0.2) is 11.6 Å². The van der Waals surface area contributed by atoms with Crippen molar-refractivity contribution in [2.75, 3.05) is 6.61 Å². The van der Waals surface area contributed by atoms with Crippen molar-refractivity contribution < 1.29 is 27.0 Å². The maximum atomic E-state index is 13.0. The summed E-state index contributed by atoms with van der Waals surface area (Å²) >= 11 is 0. The molecule has 0 saturated heterocycles. The fraction of sp³-hybridized carbons (Fsp3) is 0.333. The third kappa shape index (κ3) is 2.74. The van der Waals surface area contributed by atoms with E-state index in [4.69, 9.17) is 4.74 Å². The first-order chi connectivity index (χ1) is 7.06. The molecule has 0 radical (unpaired) electrons. The highest BCUT2D eigenvalue weighted by Gasteiger charge is 2.19. The zero-order chi connectivity index (χ0) is 11.4. The molecule has 0 N–H and O–H groups in total. The summed E-state index contributed by atoms with van der Waals surface area (Å²) in [5, 5.41) is 0. The van der Waals surface area contributed by atoms with Crippen LogP contribution in [0.1, 0.15) is 6.92 Å². The van der Waals surface area contributed by atoms with Crippen LogP contribution in [0.2, 0.25) is 0 Å². The van der Waals surface area contributed by atoms with E-state index in [0.29, 0.717) is 0 Å². The molecule has 84 valence electrons. The van der Waals surface area contributed by atoms with E-state index in [1.807, 2.05) is 0 Å². The van der Waals surface area contributed by atoms with Crippen LogP contribution in [0.25, 0.3) is 0 Å². The van der Waals surface area contributed by atoms with Crippen molar-refractivity contribution >= 4 is 0 Å². The lowest BCUT2D eigenvalue weighted by atomic mass is 10.3. The molecule has 1 rings (SSSR count). The number of alkyl halides is 2. The molecule has 0 bridgehead atoms. The summed E-state index contributed by atoms with van der Waals surface area (Å²) in [7, 11) is 0. The highest BCUT2D eigenvalue weighted by molar-refractivity contribution is 5.41. The van der Waals surface area contributed by atoms with Crippen molar-refractivity contribution in [1.82, 2.24) is 0 Å². The second-order valence-electron chi connectivity index (χ2n) is 2.50. The van der Waals surface area contributed by atoms with Gasteiger partial charge in [0, 0.05) is 0 Å². The fourth-order valence-corrected chi connectivity index (χ4v) is 0.982. The molecule has 0 aliphatic heterocycles. The van der Waals surface area contributed by atoms with Gasteiger partial charge in [-0.1, -0.05) is 0 Å². The number of benzene rings is 1. The van der Waals surface area contributed by atoms with E-state index in [0.717, 1.165) is 12.1 Å². The normalized spacial score (nSPS) is 10.5. The minimum atomic E-state index is -3.24. The maximum absolute atomic E-state index is 13.0. The van der Waals surface area contributed by atoms with E-state index >= 15 is 0 Å². The Balaban J connectivity index is 3.10. The van der Waals surface area contributed by atoms with Crippen molar-refractivity contribution in [3.63, 3.8) is 0 Å². The molecular weight excluding hydrogens is 216 g/mol. The Hall–Kier alpha value is -1.46. The lowest BCUT2D eigenvalue weighted by Gasteiger charge is -2.11. The number of halogens is 4. The van der Waals surface area contributed by atoms with Gasteiger partial charge in [0.05, 0.1) is 6.61 Å². The van der Waals surface area contributed by atoms with Crippen LogP contribution in [-0.2, 0) is 0 Å². The van der Waals surface area contributed by atoms with Crippen LogP contribution < -0.4 is 9.47 Å². The average Bonchev–Trinajstić information content (AvgIpc) is 2.17. The maximum Gasteiger partial charge on any atom is 0.387 e. The second kappa shape index (κ2) is 4.86. The largest absolute Gasteiger partial charge is 0.490 e. The summed E-state index contributed by atoms with van der Waals surface area (Å²) in [6.07, 6.45) is 0. The highest BCUT2D eigenvalue weighted by Crippen LogP contribution is 2.33. The molecule has 0 amide bonds. The first-order valence-corrected chi connectivity index (χ1v) is 4.11. The summed E-state index contributed by atoms with van der Waals surface area (Å²) in [6, 6.07) is 1.80. The second-order valence-corrected chi connectivity index (χ2v) is 2.50. The Morgan fingerprint density at radius 2 is 1.93 bits per heavy atom. The van der Waals surface area contributed by atoms with Crippen LogP contribution in [0.3, 0.4) is 0 Å². The van der Waals surface area contributed by atoms with Crippen LogP contribution in [0.4, 0.5) is 17.6 Å². The number of ether oxygens (including phenoxy) is 2. The molecule has 6 heteroatoms. The summed E-state index contributed by atoms with van der Waals surface area (Å²) < 4.78 is 58.1. The molecule has 0 spiro atoms. The van der Waals surface area contributed by atoms with E-state index in [1.165, 1.54) is 0 Å². The molecule has 1 aromatic rings. The first kappa shape index (κ1) is 11.6. The Labute approximate surface area is 83.4 Å². The van der Waals surface area contributed by atoms with Crippen LogP contribution in [0.15, 0.2) is 12.1 Å². The smallest absolute Gasteiger partial charge is 0.387 e. The molecule has 0 aromatic heterocycles.